The fourth-order valence-corrected chi connectivity index (χ4v) is 2.64. The van der Waals surface area contributed by atoms with Crippen molar-refractivity contribution in [1.29, 1.82) is 0 Å². The Bertz CT molecular complexity index is 955. The second-order valence-corrected chi connectivity index (χ2v) is 4.97. The summed E-state index contributed by atoms with van der Waals surface area (Å²) in [6, 6.07) is 22.1. The van der Waals surface area contributed by atoms with Crippen LogP contribution in [0, 0.1) is 0 Å². The van der Waals surface area contributed by atoms with Gasteiger partial charge in [0.25, 0.3) is 0 Å². The molecule has 4 rings (SSSR count). The molecular formula is C18H13N3. The predicted octanol–water partition coefficient (Wildman–Crippen LogP) is 4.03. The molecule has 21 heavy (non-hydrogen) atoms. The Morgan fingerprint density at radius 3 is 2.19 bits per heavy atom. The molecule has 1 heterocycles. The largest absolute Gasteiger partial charge is 0.382 e. The second kappa shape index (κ2) is 4.56. The third-order valence-corrected chi connectivity index (χ3v) is 3.64. The fraction of sp³-hybridized carbons (Fsp3) is 0. The summed E-state index contributed by atoms with van der Waals surface area (Å²) < 4.78 is 0. The van der Waals surface area contributed by atoms with Crippen molar-refractivity contribution in [2.24, 2.45) is 0 Å². The van der Waals surface area contributed by atoms with Crippen molar-refractivity contribution in [2.75, 3.05) is 5.73 Å². The van der Waals surface area contributed by atoms with Crippen molar-refractivity contribution in [2.45, 2.75) is 0 Å². The molecular weight excluding hydrogens is 258 g/mol. The lowest BCUT2D eigenvalue weighted by atomic mass is 10.0. The highest BCUT2D eigenvalue weighted by Gasteiger charge is 2.10. The molecule has 0 amide bonds. The van der Waals surface area contributed by atoms with Gasteiger partial charge in [-0.25, -0.2) is 9.97 Å². The predicted molar refractivity (Wildman–Crippen MR) is 86.9 cm³/mol. The second-order valence-electron chi connectivity index (χ2n) is 4.97. The molecule has 0 spiro atoms. The standard InChI is InChI=1S/C18H13N3/c19-18-17(20-15-10-3-4-11-16(15)21-18)14-9-5-7-12-6-1-2-8-13(12)14/h1-11H,(H2,19,21). The van der Waals surface area contributed by atoms with Gasteiger partial charge in [0.05, 0.1) is 11.0 Å². The summed E-state index contributed by atoms with van der Waals surface area (Å²) in [5.41, 5.74) is 9.57. The molecule has 3 heteroatoms. The van der Waals surface area contributed by atoms with Crippen LogP contribution in [-0.2, 0) is 0 Å². The Morgan fingerprint density at radius 1 is 0.667 bits per heavy atom. The van der Waals surface area contributed by atoms with Gasteiger partial charge in [0.1, 0.15) is 5.69 Å². The van der Waals surface area contributed by atoms with E-state index >= 15 is 0 Å². The van der Waals surface area contributed by atoms with Gasteiger partial charge in [-0.1, -0.05) is 54.6 Å². The highest BCUT2D eigenvalue weighted by Crippen LogP contribution is 2.31. The van der Waals surface area contributed by atoms with Crippen molar-refractivity contribution in [3.63, 3.8) is 0 Å². The number of anilines is 1. The molecule has 100 valence electrons. The van der Waals surface area contributed by atoms with Crippen molar-refractivity contribution in [3.05, 3.63) is 66.7 Å². The van der Waals surface area contributed by atoms with E-state index in [1.165, 1.54) is 5.39 Å². The van der Waals surface area contributed by atoms with Crippen LogP contribution in [0.15, 0.2) is 66.7 Å². The Kier molecular flexibility index (Phi) is 2.57. The lowest BCUT2D eigenvalue weighted by Crippen LogP contribution is -1.98. The number of nitrogens with two attached hydrogens (primary N) is 1. The maximum absolute atomic E-state index is 6.14. The quantitative estimate of drug-likeness (QED) is 0.568. The molecule has 0 aliphatic carbocycles. The number of fused-ring (bicyclic) bond motifs is 2. The Hall–Kier alpha value is -2.94. The van der Waals surface area contributed by atoms with Crippen LogP contribution in [0.5, 0.6) is 0 Å². The van der Waals surface area contributed by atoms with E-state index in [2.05, 4.69) is 23.2 Å². The third-order valence-electron chi connectivity index (χ3n) is 3.64. The van der Waals surface area contributed by atoms with Crippen LogP contribution in [0.3, 0.4) is 0 Å². The summed E-state index contributed by atoms with van der Waals surface area (Å²) in [7, 11) is 0. The molecule has 0 bridgehead atoms. The fourth-order valence-electron chi connectivity index (χ4n) is 2.64. The van der Waals surface area contributed by atoms with Gasteiger partial charge < -0.3 is 5.73 Å². The molecule has 0 saturated heterocycles. The zero-order valence-corrected chi connectivity index (χ0v) is 11.3. The highest BCUT2D eigenvalue weighted by molar-refractivity contribution is 5.98. The number of hydrogen-bond acceptors (Lipinski definition) is 3. The van der Waals surface area contributed by atoms with Crippen LogP contribution in [0.1, 0.15) is 0 Å². The van der Waals surface area contributed by atoms with Gasteiger partial charge >= 0.3 is 0 Å². The van der Waals surface area contributed by atoms with Crippen LogP contribution in [-0.4, -0.2) is 9.97 Å². The number of hydrogen-bond donors (Lipinski definition) is 1. The number of aromatic nitrogens is 2. The van der Waals surface area contributed by atoms with E-state index in [1.54, 1.807) is 0 Å². The molecule has 3 aromatic carbocycles. The number of nitrogens with zero attached hydrogens (tertiary/aromatic N) is 2. The summed E-state index contributed by atoms with van der Waals surface area (Å²) in [6.07, 6.45) is 0. The van der Waals surface area contributed by atoms with Crippen LogP contribution >= 0.6 is 0 Å². The molecule has 4 aromatic rings. The third kappa shape index (κ3) is 1.91. The summed E-state index contributed by atoms with van der Waals surface area (Å²) in [5.74, 6) is 0.463. The molecule has 0 aliphatic rings. The molecule has 0 aliphatic heterocycles. The first-order valence-corrected chi connectivity index (χ1v) is 6.83. The number of nitrogen functional groups attached to an aromatic ring is 1. The maximum Gasteiger partial charge on any atom is 0.150 e. The molecule has 3 nitrogen and oxygen atoms in total. The normalized spacial score (nSPS) is 11.0. The van der Waals surface area contributed by atoms with Crippen LogP contribution in [0.2, 0.25) is 0 Å². The maximum atomic E-state index is 6.14. The molecule has 0 radical (unpaired) electrons. The van der Waals surface area contributed by atoms with E-state index in [0.717, 1.165) is 27.7 Å². The Labute approximate surface area is 122 Å². The van der Waals surface area contributed by atoms with E-state index in [1.807, 2.05) is 48.5 Å². The zero-order chi connectivity index (χ0) is 14.2. The average Bonchev–Trinajstić information content (AvgIpc) is 2.54. The average molecular weight is 271 g/mol. The first-order valence-electron chi connectivity index (χ1n) is 6.83. The molecule has 2 N–H and O–H groups in total. The van der Waals surface area contributed by atoms with E-state index in [-0.39, 0.29) is 0 Å². The van der Waals surface area contributed by atoms with Gasteiger partial charge in [0.15, 0.2) is 5.82 Å². The van der Waals surface area contributed by atoms with Gasteiger partial charge in [-0.2, -0.15) is 0 Å². The van der Waals surface area contributed by atoms with E-state index < -0.39 is 0 Å². The minimum atomic E-state index is 0.463. The lowest BCUT2D eigenvalue weighted by molar-refractivity contribution is 1.30. The molecule has 0 unspecified atom stereocenters. The smallest absolute Gasteiger partial charge is 0.150 e. The first-order chi connectivity index (χ1) is 10.3. The highest BCUT2D eigenvalue weighted by atomic mass is 14.9. The molecule has 0 saturated carbocycles. The Balaban J connectivity index is 2.06. The van der Waals surface area contributed by atoms with Gasteiger partial charge in [0, 0.05) is 5.56 Å². The Morgan fingerprint density at radius 2 is 1.33 bits per heavy atom. The molecule has 1 aromatic heterocycles. The van der Waals surface area contributed by atoms with E-state index in [9.17, 15) is 0 Å². The number of rotatable bonds is 1. The van der Waals surface area contributed by atoms with Crippen molar-refractivity contribution >= 4 is 27.6 Å². The van der Waals surface area contributed by atoms with Crippen LogP contribution in [0.25, 0.3) is 33.1 Å². The summed E-state index contributed by atoms with van der Waals surface area (Å²) in [4.78, 5) is 9.18. The van der Waals surface area contributed by atoms with Crippen molar-refractivity contribution in [3.8, 4) is 11.3 Å². The zero-order valence-electron chi connectivity index (χ0n) is 11.3. The van der Waals surface area contributed by atoms with Gasteiger partial charge in [-0.3, -0.25) is 0 Å². The lowest BCUT2D eigenvalue weighted by Gasteiger charge is -2.09. The van der Waals surface area contributed by atoms with Crippen LogP contribution < -0.4 is 5.73 Å². The molecule has 0 fully saturated rings. The summed E-state index contributed by atoms with van der Waals surface area (Å²) in [5, 5.41) is 2.31. The minimum Gasteiger partial charge on any atom is -0.382 e. The van der Waals surface area contributed by atoms with E-state index in [0.29, 0.717) is 5.82 Å². The number of benzene rings is 3. The SMILES string of the molecule is Nc1nc2ccccc2nc1-c1cccc2ccccc12. The topological polar surface area (TPSA) is 51.8 Å². The molecule has 0 atom stereocenters. The number of para-hydroxylation sites is 2. The van der Waals surface area contributed by atoms with Crippen molar-refractivity contribution < 1.29 is 0 Å². The summed E-state index contributed by atoms with van der Waals surface area (Å²) >= 11 is 0. The first kappa shape index (κ1) is 11.9. The van der Waals surface area contributed by atoms with Gasteiger partial charge in [-0.05, 0) is 22.9 Å². The van der Waals surface area contributed by atoms with Gasteiger partial charge in [0.2, 0.25) is 0 Å². The van der Waals surface area contributed by atoms with Gasteiger partial charge in [-0.15, -0.1) is 0 Å². The van der Waals surface area contributed by atoms with E-state index in [4.69, 9.17) is 10.7 Å². The van der Waals surface area contributed by atoms with Crippen LogP contribution in [0.4, 0.5) is 5.82 Å². The monoisotopic (exact) mass is 271 g/mol. The van der Waals surface area contributed by atoms with Crippen molar-refractivity contribution in [1.82, 2.24) is 9.97 Å². The summed E-state index contributed by atoms with van der Waals surface area (Å²) in [6.45, 7) is 0. The minimum absolute atomic E-state index is 0.463.